The number of hydrogen-bond acceptors (Lipinski definition) is 7. The van der Waals surface area contributed by atoms with Crippen molar-refractivity contribution in [3.63, 3.8) is 0 Å². The van der Waals surface area contributed by atoms with Crippen molar-refractivity contribution in [1.82, 2.24) is 24.6 Å². The Labute approximate surface area is 276 Å². The van der Waals surface area contributed by atoms with Crippen LogP contribution in [0.25, 0.3) is 0 Å². The molecule has 1 aliphatic heterocycles. The number of halogens is 2. The fraction of sp³-hybridized carbons (Fsp3) is 0.611. The van der Waals surface area contributed by atoms with Crippen molar-refractivity contribution in [1.29, 1.82) is 0 Å². The van der Waals surface area contributed by atoms with Crippen molar-refractivity contribution in [2.75, 3.05) is 36.9 Å². The molecule has 47 heavy (non-hydrogen) atoms. The summed E-state index contributed by atoms with van der Waals surface area (Å²) < 4.78 is 29.7. The molecule has 3 N–H and O–H groups in total. The van der Waals surface area contributed by atoms with Crippen LogP contribution in [0.15, 0.2) is 36.7 Å². The second kappa shape index (κ2) is 15.1. The van der Waals surface area contributed by atoms with Crippen LogP contribution in [0, 0.1) is 23.6 Å². The van der Waals surface area contributed by atoms with E-state index < -0.39 is 5.97 Å². The Hall–Kier alpha value is -3.60. The number of likely N-dealkylation sites (tertiary alicyclic amines) is 1. The molecule has 9 nitrogen and oxygen atoms in total. The van der Waals surface area contributed by atoms with Gasteiger partial charge in [0.1, 0.15) is 11.6 Å². The van der Waals surface area contributed by atoms with E-state index in [9.17, 15) is 18.7 Å². The second-order valence-electron chi connectivity index (χ2n) is 14.0. The van der Waals surface area contributed by atoms with Crippen molar-refractivity contribution < 1.29 is 18.7 Å². The van der Waals surface area contributed by atoms with Gasteiger partial charge in [-0.15, -0.1) is 0 Å². The number of nitrogens with zero attached hydrogens (tertiary/aromatic N) is 5. The molecule has 0 amide bonds. The lowest BCUT2D eigenvalue weighted by atomic mass is 9.78. The normalized spacial score (nSPS) is 24.7. The molecule has 2 fully saturated rings. The topological polar surface area (TPSA) is 108 Å². The molecule has 254 valence electrons. The van der Waals surface area contributed by atoms with Crippen LogP contribution in [0.5, 0.6) is 0 Å². The third-order valence-corrected chi connectivity index (χ3v) is 10.7. The predicted octanol–water partition coefficient (Wildman–Crippen LogP) is 6.54. The predicted molar refractivity (Wildman–Crippen MR) is 179 cm³/mol. The highest BCUT2D eigenvalue weighted by molar-refractivity contribution is 5.70. The first kappa shape index (κ1) is 33.3. The maximum absolute atomic E-state index is 14.2. The number of aliphatic carboxylic acids is 1. The van der Waals surface area contributed by atoms with Crippen molar-refractivity contribution in [3.8, 4) is 0 Å². The zero-order chi connectivity index (χ0) is 32.9. The van der Waals surface area contributed by atoms with Gasteiger partial charge < -0.3 is 20.6 Å². The van der Waals surface area contributed by atoms with Crippen molar-refractivity contribution in [2.45, 2.75) is 89.1 Å². The third-order valence-electron chi connectivity index (χ3n) is 10.7. The largest absolute Gasteiger partial charge is 0.481 e. The maximum atomic E-state index is 14.2. The molecule has 3 heterocycles. The molecular formula is C36H49F2N7O2. The summed E-state index contributed by atoms with van der Waals surface area (Å²) in [4.78, 5) is 24.1. The zero-order valence-electron chi connectivity index (χ0n) is 27.7. The van der Waals surface area contributed by atoms with Gasteiger partial charge in [0, 0.05) is 49.4 Å². The van der Waals surface area contributed by atoms with E-state index in [0.717, 1.165) is 86.2 Å². The minimum absolute atomic E-state index is 0.0597. The summed E-state index contributed by atoms with van der Waals surface area (Å²) in [7, 11) is 1.91. The first-order valence-electron chi connectivity index (χ1n) is 17.5. The van der Waals surface area contributed by atoms with E-state index in [1.165, 1.54) is 6.07 Å². The van der Waals surface area contributed by atoms with Gasteiger partial charge in [-0.3, -0.25) is 13.9 Å². The molecule has 4 atom stereocenters. The summed E-state index contributed by atoms with van der Waals surface area (Å²) >= 11 is 0. The number of benzene rings is 1. The van der Waals surface area contributed by atoms with E-state index in [2.05, 4.69) is 27.6 Å². The lowest BCUT2D eigenvalue weighted by Crippen LogP contribution is -2.40. The van der Waals surface area contributed by atoms with Crippen molar-refractivity contribution >= 4 is 17.7 Å². The molecule has 1 saturated heterocycles. The Bertz CT molecular complexity index is 1510. The van der Waals surface area contributed by atoms with Gasteiger partial charge in [-0.1, -0.05) is 19.1 Å². The summed E-state index contributed by atoms with van der Waals surface area (Å²) in [6.45, 7) is 4.21. The van der Waals surface area contributed by atoms with E-state index >= 15 is 0 Å². The van der Waals surface area contributed by atoms with E-state index in [0.29, 0.717) is 37.7 Å². The maximum Gasteiger partial charge on any atom is 0.306 e. The molecule has 1 unspecified atom stereocenters. The van der Waals surface area contributed by atoms with Gasteiger partial charge in [0.25, 0.3) is 0 Å². The number of anilines is 2. The quantitative estimate of drug-likeness (QED) is 0.203. The molecule has 3 aromatic rings. The third kappa shape index (κ3) is 8.11. The summed E-state index contributed by atoms with van der Waals surface area (Å²) in [5.74, 6) is 0.754. The number of fused-ring (bicyclic) bond motifs is 1. The Morgan fingerprint density at radius 2 is 1.96 bits per heavy atom. The van der Waals surface area contributed by atoms with E-state index in [1.807, 2.05) is 25.5 Å². The molecule has 6 rings (SSSR count). The van der Waals surface area contributed by atoms with Crippen LogP contribution in [0.4, 0.5) is 20.5 Å². The number of carboxylic acids is 1. The minimum Gasteiger partial charge on any atom is -0.481 e. The zero-order valence-corrected chi connectivity index (χ0v) is 27.7. The highest BCUT2D eigenvalue weighted by atomic mass is 19.1. The van der Waals surface area contributed by atoms with Gasteiger partial charge in [-0.2, -0.15) is 10.1 Å². The number of hydrogen-bond donors (Lipinski definition) is 3. The molecule has 3 aliphatic rings. The van der Waals surface area contributed by atoms with E-state index in [1.54, 1.807) is 16.8 Å². The highest BCUT2D eigenvalue weighted by Crippen LogP contribution is 2.38. The van der Waals surface area contributed by atoms with Gasteiger partial charge in [0.2, 0.25) is 5.95 Å². The summed E-state index contributed by atoms with van der Waals surface area (Å²) in [6.07, 6.45) is 12.2. The number of carbonyl (C=O) groups is 1. The van der Waals surface area contributed by atoms with E-state index in [-0.39, 0.29) is 42.3 Å². The van der Waals surface area contributed by atoms with Gasteiger partial charge in [-0.05, 0) is 100 Å². The molecule has 11 heteroatoms. The Morgan fingerprint density at radius 1 is 1.13 bits per heavy atom. The number of carboxylic acid groups (broad SMARTS) is 1. The van der Waals surface area contributed by atoms with Crippen LogP contribution in [0.3, 0.4) is 0 Å². The van der Waals surface area contributed by atoms with Crippen LogP contribution in [-0.4, -0.2) is 68.1 Å². The molecule has 0 spiro atoms. The van der Waals surface area contributed by atoms with E-state index in [4.69, 9.17) is 9.97 Å². The summed E-state index contributed by atoms with van der Waals surface area (Å²) in [5.41, 5.74) is 4.08. The standard InChI is InChI=1S/C36H49F2N7O2/c1-3-31(24-9-11-25(12-10-24)35(46)47)41-36-42-32-14-13-27(26-7-4-8-29(38)16-26)17-30(32)34(43-36)40-33(28-19-39-44(2)21-28)22-45-15-5-6-23(18-37)20-45/h4,7-8,16,19,21,23-25,27,31,33H,3,5-6,9-15,17-18,20,22H2,1-2H3,(H,46,47)(H2,40,41,42,43)/t23?,24?,25?,27-,31-,33+/m1/s1. The number of rotatable bonds is 12. The molecule has 1 saturated carbocycles. The van der Waals surface area contributed by atoms with Gasteiger partial charge in [0.05, 0.1) is 30.5 Å². The van der Waals surface area contributed by atoms with Crippen LogP contribution in [-0.2, 0) is 24.7 Å². The second-order valence-corrected chi connectivity index (χ2v) is 14.0. The first-order valence-corrected chi connectivity index (χ1v) is 17.5. The summed E-state index contributed by atoms with van der Waals surface area (Å²) in [6, 6.07) is 6.92. The number of piperidine rings is 1. The SMILES string of the molecule is CC[C@@H](Nc1nc2c(c(N[C@@H](CN3CCCC(CF)C3)c3cnn(C)c3)n1)C[C@H](c1cccc(F)c1)CC2)C1CCC(C(=O)O)CC1. The van der Waals surface area contributed by atoms with Gasteiger partial charge >= 0.3 is 5.97 Å². The summed E-state index contributed by atoms with van der Waals surface area (Å²) in [5, 5.41) is 21.4. The Morgan fingerprint density at radius 3 is 2.66 bits per heavy atom. The molecule has 2 aromatic heterocycles. The van der Waals surface area contributed by atoms with Gasteiger partial charge in [-0.25, -0.2) is 9.37 Å². The minimum atomic E-state index is -0.692. The average molecular weight is 650 g/mol. The fourth-order valence-corrected chi connectivity index (χ4v) is 8.05. The fourth-order valence-electron chi connectivity index (χ4n) is 8.05. The monoisotopic (exact) mass is 649 g/mol. The lowest BCUT2D eigenvalue weighted by molar-refractivity contribution is -0.143. The van der Waals surface area contributed by atoms with Crippen LogP contribution < -0.4 is 10.6 Å². The molecule has 1 aromatic carbocycles. The number of aromatic nitrogens is 4. The Balaban J connectivity index is 1.30. The Kier molecular flexibility index (Phi) is 10.7. The number of nitrogens with one attached hydrogen (secondary N) is 2. The molecule has 0 radical (unpaired) electrons. The molecular weight excluding hydrogens is 600 g/mol. The van der Waals surface area contributed by atoms with Crippen LogP contribution >= 0.6 is 0 Å². The van der Waals surface area contributed by atoms with Gasteiger partial charge in [0.15, 0.2) is 0 Å². The molecule has 0 bridgehead atoms. The van der Waals surface area contributed by atoms with Crippen molar-refractivity contribution in [3.05, 3.63) is 64.9 Å². The number of aryl methyl sites for hydroxylation is 2. The average Bonchev–Trinajstić information content (AvgIpc) is 3.53. The highest BCUT2D eigenvalue weighted by Gasteiger charge is 2.32. The number of alkyl halides is 1. The smallest absolute Gasteiger partial charge is 0.306 e. The lowest BCUT2D eigenvalue weighted by Gasteiger charge is -2.35. The van der Waals surface area contributed by atoms with Crippen molar-refractivity contribution in [2.24, 2.45) is 24.8 Å². The van der Waals surface area contributed by atoms with Crippen LogP contribution in [0.2, 0.25) is 0 Å². The first-order chi connectivity index (χ1) is 22.8. The molecule has 2 aliphatic carbocycles. The van der Waals surface area contributed by atoms with Crippen LogP contribution in [0.1, 0.15) is 92.6 Å².